The summed E-state index contributed by atoms with van der Waals surface area (Å²) < 4.78 is 7.38. The molecule has 1 aliphatic rings. The normalized spacial score (nSPS) is 18.3. The summed E-state index contributed by atoms with van der Waals surface area (Å²) in [7, 11) is 0. The molecule has 3 heterocycles. The fourth-order valence-corrected chi connectivity index (χ4v) is 3.51. The summed E-state index contributed by atoms with van der Waals surface area (Å²) in [6.45, 7) is 8.19. The predicted octanol–water partition coefficient (Wildman–Crippen LogP) is 4.86. The van der Waals surface area contributed by atoms with E-state index in [1.54, 1.807) is 6.07 Å². The number of pyridine rings is 1. The van der Waals surface area contributed by atoms with Gasteiger partial charge in [0, 0.05) is 18.5 Å². The van der Waals surface area contributed by atoms with Gasteiger partial charge in [-0.05, 0) is 50.7 Å². The van der Waals surface area contributed by atoms with Crippen LogP contribution in [-0.2, 0) is 11.3 Å². The second kappa shape index (κ2) is 7.75. The summed E-state index contributed by atoms with van der Waals surface area (Å²) in [4.78, 5) is 25.1. The molecule has 3 aromatic rings. The van der Waals surface area contributed by atoms with E-state index in [1.165, 1.54) is 11.9 Å². The van der Waals surface area contributed by atoms with Gasteiger partial charge < -0.3 is 14.5 Å². The number of hydrogen-bond donors (Lipinski definition) is 2. The molecule has 4 rings (SSSR count). The summed E-state index contributed by atoms with van der Waals surface area (Å²) in [6, 6.07) is 3.65. The standard InChI is InChI=1S/C21H25ClN6O2/c1-12-5-15(12)13-6-16(27-20(29)30-21(2,3)4)19-26-14(10-28(19)9-13)8-23-18-7-17(22)24-11-25-18/h6-7,9-12,15H,5,8H2,1-4H3,(H,27,29)(H,23,24,25)/t12-,15?/m1/s1. The Balaban J connectivity index is 1.60. The van der Waals surface area contributed by atoms with Crippen molar-refractivity contribution in [1.29, 1.82) is 0 Å². The number of carbonyl (C=O) groups excluding carboxylic acids is 1. The Hall–Kier alpha value is -2.87. The van der Waals surface area contributed by atoms with Gasteiger partial charge in [-0.1, -0.05) is 18.5 Å². The Morgan fingerprint density at radius 1 is 1.30 bits per heavy atom. The molecule has 30 heavy (non-hydrogen) atoms. The number of hydrogen-bond acceptors (Lipinski definition) is 6. The summed E-state index contributed by atoms with van der Waals surface area (Å²) in [5.41, 5.74) is 2.71. The molecular weight excluding hydrogens is 404 g/mol. The highest BCUT2D eigenvalue weighted by Crippen LogP contribution is 2.47. The molecule has 2 atom stereocenters. The van der Waals surface area contributed by atoms with Crippen molar-refractivity contribution in [3.63, 3.8) is 0 Å². The Labute approximate surface area is 180 Å². The number of nitrogens with one attached hydrogen (secondary N) is 2. The predicted molar refractivity (Wildman–Crippen MR) is 116 cm³/mol. The van der Waals surface area contributed by atoms with E-state index in [1.807, 2.05) is 37.4 Å². The first-order valence-corrected chi connectivity index (χ1v) is 10.3. The van der Waals surface area contributed by atoms with E-state index in [9.17, 15) is 4.79 Å². The molecule has 9 heteroatoms. The summed E-state index contributed by atoms with van der Waals surface area (Å²) >= 11 is 5.91. The van der Waals surface area contributed by atoms with E-state index >= 15 is 0 Å². The molecule has 0 spiro atoms. The molecule has 0 aromatic carbocycles. The maximum atomic E-state index is 12.4. The highest BCUT2D eigenvalue weighted by atomic mass is 35.5. The quantitative estimate of drug-likeness (QED) is 0.563. The van der Waals surface area contributed by atoms with Crippen LogP contribution in [0.1, 0.15) is 51.3 Å². The van der Waals surface area contributed by atoms with Gasteiger partial charge in [-0.2, -0.15) is 0 Å². The van der Waals surface area contributed by atoms with Gasteiger partial charge in [-0.25, -0.2) is 19.7 Å². The third kappa shape index (κ3) is 4.81. The van der Waals surface area contributed by atoms with Crippen molar-refractivity contribution < 1.29 is 9.53 Å². The maximum absolute atomic E-state index is 12.4. The van der Waals surface area contributed by atoms with Crippen LogP contribution in [0.5, 0.6) is 0 Å². The third-order valence-electron chi connectivity index (χ3n) is 4.88. The molecule has 1 saturated carbocycles. The molecule has 0 saturated heterocycles. The number of imidazole rings is 1. The lowest BCUT2D eigenvalue weighted by molar-refractivity contribution is 0.0636. The van der Waals surface area contributed by atoms with Crippen LogP contribution < -0.4 is 10.6 Å². The van der Waals surface area contributed by atoms with Gasteiger partial charge in [0.05, 0.1) is 17.9 Å². The maximum Gasteiger partial charge on any atom is 0.412 e. The third-order valence-corrected chi connectivity index (χ3v) is 5.09. The van der Waals surface area contributed by atoms with Crippen LogP contribution in [0.15, 0.2) is 30.9 Å². The number of carbonyl (C=O) groups is 1. The number of anilines is 2. The molecule has 0 radical (unpaired) electrons. The van der Waals surface area contributed by atoms with Crippen LogP contribution in [0, 0.1) is 5.92 Å². The van der Waals surface area contributed by atoms with Crippen molar-refractivity contribution in [3.05, 3.63) is 47.3 Å². The zero-order valence-corrected chi connectivity index (χ0v) is 18.2. The molecule has 8 nitrogen and oxygen atoms in total. The van der Waals surface area contributed by atoms with Gasteiger partial charge in [0.15, 0.2) is 5.65 Å². The lowest BCUT2D eigenvalue weighted by Crippen LogP contribution is -2.27. The van der Waals surface area contributed by atoms with Crippen molar-refractivity contribution in [2.75, 3.05) is 10.6 Å². The van der Waals surface area contributed by atoms with Crippen LogP contribution in [0.25, 0.3) is 5.65 Å². The molecule has 158 valence electrons. The zero-order valence-electron chi connectivity index (χ0n) is 17.4. The number of fused-ring (bicyclic) bond motifs is 1. The zero-order chi connectivity index (χ0) is 21.5. The SMILES string of the molecule is C[C@@H]1CC1c1cc(NC(=O)OC(C)(C)C)c2nc(CNc3cc(Cl)ncn3)cn2c1. The fourth-order valence-electron chi connectivity index (χ4n) is 3.36. The number of rotatable bonds is 5. The van der Waals surface area contributed by atoms with Gasteiger partial charge >= 0.3 is 6.09 Å². The van der Waals surface area contributed by atoms with Gasteiger partial charge in [-0.15, -0.1) is 0 Å². The Morgan fingerprint density at radius 3 is 2.73 bits per heavy atom. The molecule has 2 N–H and O–H groups in total. The van der Waals surface area contributed by atoms with E-state index in [2.05, 4.69) is 33.7 Å². The van der Waals surface area contributed by atoms with Crippen molar-refractivity contribution >= 4 is 34.8 Å². The molecule has 3 aromatic heterocycles. The second-order valence-corrected chi connectivity index (χ2v) is 9.06. The fraction of sp³-hybridized carbons (Fsp3) is 0.429. The highest BCUT2D eigenvalue weighted by molar-refractivity contribution is 6.29. The minimum Gasteiger partial charge on any atom is -0.444 e. The van der Waals surface area contributed by atoms with Crippen molar-refractivity contribution in [2.45, 2.75) is 52.2 Å². The molecule has 1 aliphatic carbocycles. The second-order valence-electron chi connectivity index (χ2n) is 8.68. The Bertz CT molecular complexity index is 1090. The molecular formula is C21H25ClN6O2. The van der Waals surface area contributed by atoms with E-state index < -0.39 is 11.7 Å². The summed E-state index contributed by atoms with van der Waals surface area (Å²) in [5.74, 6) is 1.76. The van der Waals surface area contributed by atoms with E-state index in [0.717, 1.165) is 12.1 Å². The summed E-state index contributed by atoms with van der Waals surface area (Å²) in [6.07, 6.45) is 6.09. The van der Waals surface area contributed by atoms with Gasteiger partial charge in [0.1, 0.15) is 22.9 Å². The van der Waals surface area contributed by atoms with Crippen LogP contribution in [0.4, 0.5) is 16.3 Å². The smallest absolute Gasteiger partial charge is 0.412 e. The van der Waals surface area contributed by atoms with Gasteiger partial charge in [0.25, 0.3) is 0 Å². The molecule has 1 amide bonds. The van der Waals surface area contributed by atoms with Crippen molar-refractivity contribution in [1.82, 2.24) is 19.4 Å². The van der Waals surface area contributed by atoms with Gasteiger partial charge in [-0.3, -0.25) is 5.32 Å². The minimum atomic E-state index is -0.577. The van der Waals surface area contributed by atoms with Crippen LogP contribution in [0.2, 0.25) is 5.15 Å². The average Bonchev–Trinajstić information content (AvgIpc) is 3.22. The number of amides is 1. The van der Waals surface area contributed by atoms with E-state index in [4.69, 9.17) is 21.3 Å². The summed E-state index contributed by atoms with van der Waals surface area (Å²) in [5, 5.41) is 6.43. The highest BCUT2D eigenvalue weighted by Gasteiger charge is 2.35. The molecule has 1 unspecified atom stereocenters. The minimum absolute atomic E-state index is 0.370. The van der Waals surface area contributed by atoms with Gasteiger partial charge in [0.2, 0.25) is 0 Å². The van der Waals surface area contributed by atoms with Crippen molar-refractivity contribution in [3.8, 4) is 0 Å². The van der Waals surface area contributed by atoms with Crippen molar-refractivity contribution in [2.24, 2.45) is 5.92 Å². The Morgan fingerprint density at radius 2 is 2.07 bits per heavy atom. The first-order chi connectivity index (χ1) is 14.2. The number of ether oxygens (including phenoxy) is 1. The van der Waals surface area contributed by atoms with Crippen LogP contribution in [0.3, 0.4) is 0 Å². The average molecular weight is 429 g/mol. The number of aromatic nitrogens is 4. The number of halogens is 1. The first kappa shape index (κ1) is 20.4. The first-order valence-electron chi connectivity index (χ1n) is 9.91. The van der Waals surface area contributed by atoms with E-state index in [0.29, 0.717) is 40.7 Å². The lowest BCUT2D eigenvalue weighted by Gasteiger charge is -2.20. The molecule has 1 fully saturated rings. The molecule has 0 bridgehead atoms. The lowest BCUT2D eigenvalue weighted by atomic mass is 10.1. The largest absolute Gasteiger partial charge is 0.444 e. The molecule has 0 aliphatic heterocycles. The van der Waals surface area contributed by atoms with E-state index in [-0.39, 0.29) is 0 Å². The van der Waals surface area contributed by atoms with Crippen LogP contribution in [-0.4, -0.2) is 31.0 Å². The van der Waals surface area contributed by atoms with Crippen LogP contribution >= 0.6 is 11.6 Å². The topological polar surface area (TPSA) is 93.4 Å². The number of nitrogens with zero attached hydrogens (tertiary/aromatic N) is 4. The Kier molecular flexibility index (Phi) is 5.27. The monoisotopic (exact) mass is 428 g/mol.